The molecule has 0 rings (SSSR count). The van der Waals surface area contributed by atoms with Crippen molar-refractivity contribution in [3.05, 3.63) is 22.3 Å². The van der Waals surface area contributed by atoms with Crippen molar-refractivity contribution in [1.29, 1.82) is 0 Å². The maximum Gasteiger partial charge on any atom is 0.303 e. The second-order valence-corrected chi connectivity index (χ2v) is 6.32. The van der Waals surface area contributed by atoms with Crippen molar-refractivity contribution in [2.45, 2.75) is 96.1 Å². The van der Waals surface area contributed by atoms with E-state index in [0.717, 1.165) is 51.4 Å². The van der Waals surface area contributed by atoms with Gasteiger partial charge in [0.15, 0.2) is 0 Å². The zero-order valence-corrected chi connectivity index (χ0v) is 14.9. The van der Waals surface area contributed by atoms with Crippen molar-refractivity contribution >= 4 is 5.97 Å². The molecular weight excluding hydrogens is 310 g/mol. The van der Waals surface area contributed by atoms with E-state index >= 15 is 0 Å². The molecule has 0 bridgehead atoms. The van der Waals surface area contributed by atoms with Gasteiger partial charge in [0.05, 0.1) is 0 Å². The van der Waals surface area contributed by atoms with E-state index in [1.807, 2.05) is 12.2 Å². The molecule has 2 N–H and O–H groups in total. The largest absolute Gasteiger partial charge is 0.481 e. The molecule has 0 saturated carbocycles. The molecule has 0 aliphatic heterocycles. The lowest BCUT2D eigenvalue weighted by Crippen LogP contribution is -2.33. The number of unbranched alkanes of at least 4 members (excludes halogenated alkanes) is 7. The van der Waals surface area contributed by atoms with Gasteiger partial charge in [0.25, 0.3) is 0 Å². The first-order valence-electron chi connectivity index (χ1n) is 9.17. The normalized spacial score (nSPS) is 13.9. The Morgan fingerprint density at radius 2 is 1.75 bits per heavy atom. The van der Waals surface area contributed by atoms with Crippen LogP contribution in [0.15, 0.2) is 12.2 Å². The number of aliphatic hydroxyl groups is 1. The highest BCUT2D eigenvalue weighted by Gasteiger charge is 2.27. The van der Waals surface area contributed by atoms with Crippen LogP contribution in [-0.2, 0) is 4.79 Å². The summed E-state index contributed by atoms with van der Waals surface area (Å²) >= 11 is 0. The quantitative estimate of drug-likeness (QED) is 0.188. The first-order valence-corrected chi connectivity index (χ1v) is 9.17. The molecule has 24 heavy (non-hydrogen) atoms. The number of nitrogens with zero attached hydrogens (tertiary/aromatic N) is 1. The van der Waals surface area contributed by atoms with Crippen LogP contribution in [0.25, 0.3) is 0 Å². The fourth-order valence-electron chi connectivity index (χ4n) is 2.60. The predicted molar refractivity (Wildman–Crippen MR) is 94.6 cm³/mol. The Kier molecular flexibility index (Phi) is 14.2. The summed E-state index contributed by atoms with van der Waals surface area (Å²) in [5.41, 5.74) is 0. The molecule has 2 atom stereocenters. The minimum Gasteiger partial charge on any atom is -0.481 e. The predicted octanol–water partition coefficient (Wildman–Crippen LogP) is 4.33. The summed E-state index contributed by atoms with van der Waals surface area (Å²) < 4.78 is 0. The Morgan fingerprint density at radius 3 is 2.38 bits per heavy atom. The van der Waals surface area contributed by atoms with Crippen LogP contribution < -0.4 is 0 Å². The number of aliphatic carboxylic acids is 1. The molecule has 0 aliphatic carbocycles. The molecule has 0 radical (unpaired) electrons. The van der Waals surface area contributed by atoms with Gasteiger partial charge in [0, 0.05) is 17.8 Å². The van der Waals surface area contributed by atoms with E-state index in [1.165, 1.54) is 0 Å². The lowest BCUT2D eigenvalue weighted by Gasteiger charge is -2.14. The van der Waals surface area contributed by atoms with Gasteiger partial charge in [-0.25, -0.2) is 0 Å². The van der Waals surface area contributed by atoms with E-state index in [0.29, 0.717) is 12.8 Å². The minimum atomic E-state index is -0.931. The number of nitro groups is 1. The highest BCUT2D eigenvalue weighted by molar-refractivity contribution is 5.66. The molecule has 6 nitrogen and oxygen atoms in total. The lowest BCUT2D eigenvalue weighted by atomic mass is 10.0. The molecule has 0 saturated heterocycles. The number of allylic oxidation sites excluding steroid dienone is 1. The van der Waals surface area contributed by atoms with E-state index in [9.17, 15) is 20.0 Å². The maximum absolute atomic E-state index is 11.1. The Hall–Kier alpha value is -1.43. The first-order chi connectivity index (χ1) is 11.5. The average molecular weight is 343 g/mol. The summed E-state index contributed by atoms with van der Waals surface area (Å²) in [5.74, 6) is -0.776. The molecule has 2 unspecified atom stereocenters. The van der Waals surface area contributed by atoms with Crippen molar-refractivity contribution in [1.82, 2.24) is 0 Å². The highest BCUT2D eigenvalue weighted by Crippen LogP contribution is 2.14. The molecule has 0 aromatic heterocycles. The third-order valence-corrected chi connectivity index (χ3v) is 4.12. The molecule has 0 aliphatic rings. The second-order valence-electron chi connectivity index (χ2n) is 6.32. The van der Waals surface area contributed by atoms with Crippen LogP contribution in [0.5, 0.6) is 0 Å². The SMILES string of the molecule is CCCCC/C=C\CC(C(O)CCCCCCCC(=O)O)[N+](=O)[O-]. The van der Waals surface area contributed by atoms with Gasteiger partial charge in [0.2, 0.25) is 6.04 Å². The van der Waals surface area contributed by atoms with Crippen LogP contribution in [0.3, 0.4) is 0 Å². The van der Waals surface area contributed by atoms with Gasteiger partial charge in [-0.2, -0.15) is 0 Å². The van der Waals surface area contributed by atoms with Crippen molar-refractivity contribution in [3.63, 3.8) is 0 Å². The van der Waals surface area contributed by atoms with E-state index in [-0.39, 0.29) is 17.8 Å². The van der Waals surface area contributed by atoms with Crippen LogP contribution in [0.2, 0.25) is 0 Å². The average Bonchev–Trinajstić information content (AvgIpc) is 2.52. The molecule has 6 heteroatoms. The van der Waals surface area contributed by atoms with Gasteiger partial charge in [-0.1, -0.05) is 57.6 Å². The van der Waals surface area contributed by atoms with Gasteiger partial charge in [-0.3, -0.25) is 14.9 Å². The first kappa shape index (κ1) is 22.6. The van der Waals surface area contributed by atoms with E-state index in [1.54, 1.807) is 0 Å². The van der Waals surface area contributed by atoms with Gasteiger partial charge < -0.3 is 10.2 Å². The number of carboxylic acids is 1. The summed E-state index contributed by atoms with van der Waals surface area (Å²) in [6.45, 7) is 2.13. The van der Waals surface area contributed by atoms with Crippen LogP contribution in [-0.4, -0.2) is 33.3 Å². The van der Waals surface area contributed by atoms with Crippen LogP contribution in [0.4, 0.5) is 0 Å². The number of hydrogen-bond acceptors (Lipinski definition) is 4. The molecule has 0 aromatic carbocycles. The number of carboxylic acid groups (broad SMARTS) is 1. The van der Waals surface area contributed by atoms with Crippen LogP contribution in [0, 0.1) is 10.1 Å². The lowest BCUT2D eigenvalue weighted by molar-refractivity contribution is -0.533. The van der Waals surface area contributed by atoms with Gasteiger partial charge >= 0.3 is 5.97 Å². The zero-order valence-electron chi connectivity index (χ0n) is 14.9. The number of hydrogen-bond donors (Lipinski definition) is 2. The topological polar surface area (TPSA) is 101 Å². The smallest absolute Gasteiger partial charge is 0.303 e. The fourth-order valence-corrected chi connectivity index (χ4v) is 2.60. The van der Waals surface area contributed by atoms with Gasteiger partial charge in [-0.15, -0.1) is 0 Å². The van der Waals surface area contributed by atoms with Crippen LogP contribution >= 0.6 is 0 Å². The Balaban J connectivity index is 3.89. The Bertz CT molecular complexity index is 370. The number of carbonyl (C=O) groups is 1. The monoisotopic (exact) mass is 343 g/mol. The molecule has 0 heterocycles. The van der Waals surface area contributed by atoms with Gasteiger partial charge in [0.1, 0.15) is 6.10 Å². The van der Waals surface area contributed by atoms with Crippen molar-refractivity contribution in [3.8, 4) is 0 Å². The standard InChI is InChI=1S/C18H33NO5/c1-2-3-4-5-7-10-13-16(19(23)24)17(20)14-11-8-6-9-12-15-18(21)22/h7,10,16-17,20H,2-6,8-9,11-15H2,1H3,(H,21,22)/b10-7-. The second kappa shape index (κ2) is 15.1. The van der Waals surface area contributed by atoms with E-state index in [4.69, 9.17) is 5.11 Å². The molecule has 0 fully saturated rings. The zero-order chi connectivity index (χ0) is 18.2. The highest BCUT2D eigenvalue weighted by atomic mass is 16.6. The molecule has 0 amide bonds. The molecular formula is C18H33NO5. The third kappa shape index (κ3) is 13.0. The summed E-state index contributed by atoms with van der Waals surface area (Å²) in [7, 11) is 0. The molecule has 0 aromatic rings. The maximum atomic E-state index is 11.1. The number of aliphatic hydroxyl groups excluding tert-OH is 1. The summed E-state index contributed by atoms with van der Waals surface area (Å²) in [5, 5.41) is 29.7. The third-order valence-electron chi connectivity index (χ3n) is 4.12. The fraction of sp³-hybridized carbons (Fsp3) is 0.833. The van der Waals surface area contributed by atoms with E-state index < -0.39 is 18.1 Å². The van der Waals surface area contributed by atoms with E-state index in [2.05, 4.69) is 6.92 Å². The van der Waals surface area contributed by atoms with Crippen molar-refractivity contribution in [2.75, 3.05) is 0 Å². The van der Waals surface area contributed by atoms with Gasteiger partial charge in [-0.05, 0) is 25.7 Å². The summed E-state index contributed by atoms with van der Waals surface area (Å²) in [6.07, 6.45) is 12.1. The van der Waals surface area contributed by atoms with Crippen molar-refractivity contribution < 1.29 is 19.9 Å². The Morgan fingerprint density at radius 1 is 1.08 bits per heavy atom. The molecule has 0 spiro atoms. The van der Waals surface area contributed by atoms with Crippen LogP contribution in [0.1, 0.15) is 84.0 Å². The number of rotatable bonds is 16. The minimum absolute atomic E-state index is 0.191. The summed E-state index contributed by atoms with van der Waals surface area (Å²) in [6, 6.07) is -0.931. The summed E-state index contributed by atoms with van der Waals surface area (Å²) in [4.78, 5) is 21.1. The Labute approximate surface area is 145 Å². The van der Waals surface area contributed by atoms with Crippen molar-refractivity contribution in [2.24, 2.45) is 0 Å². The molecule has 140 valence electrons.